The van der Waals surface area contributed by atoms with Crippen molar-refractivity contribution >= 4 is 5.91 Å². The molecule has 0 bridgehead atoms. The summed E-state index contributed by atoms with van der Waals surface area (Å²) >= 11 is 0. The normalized spacial score (nSPS) is 21.4. The van der Waals surface area contributed by atoms with Crippen molar-refractivity contribution in [1.82, 2.24) is 5.06 Å². The summed E-state index contributed by atoms with van der Waals surface area (Å²) in [6.45, 7) is 4.49. The fourth-order valence-corrected chi connectivity index (χ4v) is 1.98. The Kier molecular flexibility index (Phi) is 6.42. The Hall–Kier alpha value is -0.610. The second kappa shape index (κ2) is 7.63. The summed E-state index contributed by atoms with van der Waals surface area (Å²) in [6, 6.07) is 0. The van der Waals surface area contributed by atoms with E-state index in [9.17, 15) is 4.79 Å². The van der Waals surface area contributed by atoms with Gasteiger partial charge < -0.3 is 5.73 Å². The summed E-state index contributed by atoms with van der Waals surface area (Å²) < 4.78 is 0. The van der Waals surface area contributed by atoms with E-state index in [0.29, 0.717) is 6.54 Å². The van der Waals surface area contributed by atoms with E-state index in [0.717, 1.165) is 26.0 Å². The molecule has 1 aliphatic rings. The molecule has 0 aromatic carbocycles. The first-order valence-corrected chi connectivity index (χ1v) is 6.41. The molecule has 4 heteroatoms. The van der Waals surface area contributed by atoms with Gasteiger partial charge in [-0.25, -0.2) is 0 Å². The fraction of sp³-hybridized carbons (Fsp3) is 0.917. The van der Waals surface area contributed by atoms with E-state index in [2.05, 4.69) is 6.92 Å². The third-order valence-electron chi connectivity index (χ3n) is 3.08. The van der Waals surface area contributed by atoms with Crippen molar-refractivity contribution in [3.05, 3.63) is 0 Å². The van der Waals surface area contributed by atoms with Gasteiger partial charge >= 0.3 is 0 Å². The molecule has 1 rings (SSSR count). The van der Waals surface area contributed by atoms with E-state index in [1.54, 1.807) is 0 Å². The average Bonchev–Trinajstić information content (AvgIpc) is 2.72. The second-order valence-corrected chi connectivity index (χ2v) is 4.52. The average molecular weight is 228 g/mol. The zero-order valence-corrected chi connectivity index (χ0v) is 10.3. The van der Waals surface area contributed by atoms with Gasteiger partial charge in [0, 0.05) is 13.1 Å². The van der Waals surface area contributed by atoms with Gasteiger partial charge in [0.2, 0.25) is 5.91 Å². The van der Waals surface area contributed by atoms with Crippen LogP contribution in [-0.4, -0.2) is 30.7 Å². The van der Waals surface area contributed by atoms with Gasteiger partial charge in [0.25, 0.3) is 0 Å². The quantitative estimate of drug-likeness (QED) is 0.643. The lowest BCUT2D eigenvalue weighted by atomic mass is 10.1. The fourth-order valence-electron chi connectivity index (χ4n) is 1.98. The minimum atomic E-state index is -0.200. The van der Waals surface area contributed by atoms with E-state index in [1.165, 1.54) is 25.7 Å². The lowest BCUT2D eigenvalue weighted by Gasteiger charge is -2.15. The molecule has 1 saturated heterocycles. The zero-order valence-electron chi connectivity index (χ0n) is 10.3. The number of hydrogen-bond acceptors (Lipinski definition) is 3. The number of hydrogen-bond donors (Lipinski definition) is 1. The highest BCUT2D eigenvalue weighted by atomic mass is 16.7. The van der Waals surface area contributed by atoms with E-state index in [1.807, 2.05) is 5.06 Å². The molecule has 1 aliphatic heterocycles. The van der Waals surface area contributed by atoms with E-state index < -0.39 is 0 Å². The molecule has 1 unspecified atom stereocenters. The lowest BCUT2D eigenvalue weighted by molar-refractivity contribution is -0.148. The summed E-state index contributed by atoms with van der Waals surface area (Å²) in [6.07, 6.45) is 7.06. The van der Waals surface area contributed by atoms with Crippen molar-refractivity contribution in [2.75, 3.05) is 19.7 Å². The third-order valence-corrected chi connectivity index (χ3v) is 3.08. The minimum Gasteiger partial charge on any atom is -0.369 e. The minimum absolute atomic E-state index is 0.0138. The Morgan fingerprint density at radius 2 is 2.12 bits per heavy atom. The summed E-state index contributed by atoms with van der Waals surface area (Å²) in [7, 11) is 0. The summed E-state index contributed by atoms with van der Waals surface area (Å²) in [5.74, 6) is -0.214. The Bertz CT molecular complexity index is 209. The highest BCUT2D eigenvalue weighted by Crippen LogP contribution is 2.16. The molecule has 1 heterocycles. The topological polar surface area (TPSA) is 55.6 Å². The Morgan fingerprint density at radius 3 is 2.75 bits per heavy atom. The van der Waals surface area contributed by atoms with Crippen molar-refractivity contribution in [3.63, 3.8) is 0 Å². The van der Waals surface area contributed by atoms with Gasteiger partial charge in [-0.2, -0.15) is 5.06 Å². The van der Waals surface area contributed by atoms with Crippen molar-refractivity contribution in [1.29, 1.82) is 0 Å². The van der Waals surface area contributed by atoms with Crippen LogP contribution in [0.4, 0.5) is 0 Å². The van der Waals surface area contributed by atoms with Crippen molar-refractivity contribution in [2.45, 2.75) is 45.4 Å². The summed E-state index contributed by atoms with van der Waals surface area (Å²) in [4.78, 5) is 16.5. The van der Waals surface area contributed by atoms with Gasteiger partial charge in [-0.3, -0.25) is 9.63 Å². The maximum Gasteiger partial charge on any atom is 0.221 e. The van der Waals surface area contributed by atoms with Gasteiger partial charge in [-0.05, 0) is 12.8 Å². The van der Waals surface area contributed by atoms with Crippen LogP contribution < -0.4 is 5.73 Å². The van der Waals surface area contributed by atoms with E-state index in [-0.39, 0.29) is 11.8 Å². The molecule has 4 nitrogen and oxygen atoms in total. The summed E-state index contributed by atoms with van der Waals surface area (Å²) in [5, 5.41) is 1.88. The number of carbonyl (C=O) groups excluding carboxylic acids is 1. The highest BCUT2D eigenvalue weighted by Gasteiger charge is 2.26. The first kappa shape index (κ1) is 13.5. The molecule has 1 fully saturated rings. The predicted octanol–water partition coefficient (Wildman–Crippen LogP) is 1.70. The number of nitrogens with two attached hydrogens (primary N) is 1. The van der Waals surface area contributed by atoms with Crippen LogP contribution in [0.25, 0.3) is 0 Å². The number of amides is 1. The molecule has 2 N–H and O–H groups in total. The van der Waals surface area contributed by atoms with Crippen LogP contribution in [0.5, 0.6) is 0 Å². The lowest BCUT2D eigenvalue weighted by Crippen LogP contribution is -2.27. The predicted molar refractivity (Wildman–Crippen MR) is 63.6 cm³/mol. The monoisotopic (exact) mass is 228 g/mol. The second-order valence-electron chi connectivity index (χ2n) is 4.52. The molecule has 16 heavy (non-hydrogen) atoms. The molecule has 0 aromatic heterocycles. The number of hydroxylamine groups is 2. The van der Waals surface area contributed by atoms with Crippen LogP contribution in [0.15, 0.2) is 0 Å². The van der Waals surface area contributed by atoms with Crippen LogP contribution in [-0.2, 0) is 9.63 Å². The number of rotatable bonds is 8. The number of carbonyl (C=O) groups is 1. The van der Waals surface area contributed by atoms with E-state index >= 15 is 0 Å². The standard InChI is InChI=1S/C12H24N2O2/c1-2-3-4-5-6-9-16-14-8-7-11(10-14)12(13)15/h11H,2-10H2,1H3,(H2,13,15). The van der Waals surface area contributed by atoms with Gasteiger partial charge in [0.1, 0.15) is 0 Å². The van der Waals surface area contributed by atoms with Crippen LogP contribution in [0.1, 0.15) is 45.4 Å². The van der Waals surface area contributed by atoms with Crippen LogP contribution >= 0.6 is 0 Å². The SMILES string of the molecule is CCCCCCCON1CCC(C(N)=O)C1. The van der Waals surface area contributed by atoms with Gasteiger partial charge in [0.15, 0.2) is 0 Å². The maximum atomic E-state index is 10.9. The number of primary amides is 1. The Balaban J connectivity index is 1.96. The smallest absolute Gasteiger partial charge is 0.221 e. The molecule has 0 saturated carbocycles. The van der Waals surface area contributed by atoms with Crippen LogP contribution in [0.3, 0.4) is 0 Å². The van der Waals surface area contributed by atoms with E-state index in [4.69, 9.17) is 10.6 Å². The summed E-state index contributed by atoms with van der Waals surface area (Å²) in [5.41, 5.74) is 5.25. The number of unbranched alkanes of at least 4 members (excludes halogenated alkanes) is 4. The molecule has 0 spiro atoms. The maximum absolute atomic E-state index is 10.9. The molecular formula is C12H24N2O2. The first-order chi connectivity index (χ1) is 7.74. The third kappa shape index (κ3) is 4.94. The molecule has 94 valence electrons. The van der Waals surface area contributed by atoms with Crippen LogP contribution in [0, 0.1) is 5.92 Å². The molecule has 1 atom stereocenters. The molecule has 0 radical (unpaired) electrons. The van der Waals surface area contributed by atoms with Gasteiger partial charge in [-0.1, -0.05) is 32.6 Å². The molecule has 1 amide bonds. The van der Waals surface area contributed by atoms with Crippen molar-refractivity contribution in [2.24, 2.45) is 11.7 Å². The number of nitrogens with zero attached hydrogens (tertiary/aromatic N) is 1. The molecular weight excluding hydrogens is 204 g/mol. The molecule has 0 aliphatic carbocycles. The zero-order chi connectivity index (χ0) is 11.8. The first-order valence-electron chi connectivity index (χ1n) is 6.41. The molecule has 0 aromatic rings. The van der Waals surface area contributed by atoms with Gasteiger partial charge in [0.05, 0.1) is 12.5 Å². The van der Waals surface area contributed by atoms with Crippen LogP contribution in [0.2, 0.25) is 0 Å². The van der Waals surface area contributed by atoms with Gasteiger partial charge in [-0.15, -0.1) is 0 Å². The van der Waals surface area contributed by atoms with Crippen molar-refractivity contribution in [3.8, 4) is 0 Å². The van der Waals surface area contributed by atoms with Crippen molar-refractivity contribution < 1.29 is 9.63 Å². The highest BCUT2D eigenvalue weighted by molar-refractivity contribution is 5.77. The largest absolute Gasteiger partial charge is 0.369 e. The Labute approximate surface area is 98.1 Å². The Morgan fingerprint density at radius 1 is 1.38 bits per heavy atom.